The maximum Gasteiger partial charge on any atom is 0.270 e. The van der Waals surface area contributed by atoms with Gasteiger partial charge in [-0.3, -0.25) is 9.10 Å². The molecule has 0 aromatic heterocycles. The van der Waals surface area contributed by atoms with Gasteiger partial charge in [-0.2, -0.15) is 0 Å². The van der Waals surface area contributed by atoms with Crippen LogP contribution in [0.4, 0.5) is 5.69 Å². The Bertz CT molecular complexity index is 1070. The summed E-state index contributed by atoms with van der Waals surface area (Å²) in [6, 6.07) is 16.6. The molecule has 0 radical (unpaired) electrons. The molecule has 0 spiro atoms. The van der Waals surface area contributed by atoms with Crippen LogP contribution in [0.25, 0.3) is 5.57 Å². The topological polar surface area (TPSA) is 57.7 Å². The Morgan fingerprint density at radius 2 is 1.62 bits per heavy atom. The van der Waals surface area contributed by atoms with Crippen LogP contribution in [0.3, 0.4) is 0 Å². The second kappa shape index (κ2) is 7.87. The first-order valence-electron chi connectivity index (χ1n) is 9.87. The smallest absolute Gasteiger partial charge is 0.270 e. The Morgan fingerprint density at radius 1 is 0.966 bits per heavy atom. The van der Waals surface area contributed by atoms with Gasteiger partial charge in [-0.25, -0.2) is 8.42 Å². The van der Waals surface area contributed by atoms with E-state index in [1.807, 2.05) is 48.5 Å². The van der Waals surface area contributed by atoms with Crippen LogP contribution in [0.5, 0.6) is 0 Å². The largest absolute Gasteiger partial charge is 0.338 e. The molecular formula is C23H24N2O3S. The molecule has 2 aromatic rings. The molecule has 1 fully saturated rings. The number of rotatable bonds is 4. The third-order valence-corrected chi connectivity index (χ3v) is 7.23. The van der Waals surface area contributed by atoms with Crippen molar-refractivity contribution in [2.24, 2.45) is 0 Å². The number of anilines is 1. The van der Waals surface area contributed by atoms with E-state index in [9.17, 15) is 13.2 Å². The molecule has 0 N–H and O–H groups in total. The molecule has 0 aliphatic carbocycles. The molecule has 2 aliphatic heterocycles. The number of amides is 1. The van der Waals surface area contributed by atoms with Crippen LogP contribution in [-0.2, 0) is 14.8 Å². The van der Waals surface area contributed by atoms with Crippen molar-refractivity contribution in [2.45, 2.75) is 19.3 Å². The van der Waals surface area contributed by atoms with Gasteiger partial charge in [-0.15, -0.1) is 6.58 Å². The van der Waals surface area contributed by atoms with Gasteiger partial charge >= 0.3 is 0 Å². The summed E-state index contributed by atoms with van der Waals surface area (Å²) < 4.78 is 28.7. The van der Waals surface area contributed by atoms with E-state index in [-0.39, 0.29) is 11.4 Å². The minimum absolute atomic E-state index is 0.109. The van der Waals surface area contributed by atoms with Crippen LogP contribution in [0.1, 0.15) is 30.4 Å². The summed E-state index contributed by atoms with van der Waals surface area (Å²) in [4.78, 5) is 15.1. The zero-order chi connectivity index (χ0) is 20.4. The SMILES string of the molecule is C=CCN1c2ccccc2C(c2ccccc2)=C(C(=O)N2CCCCC2)S1(=O)=O. The number of sulfonamides is 1. The van der Waals surface area contributed by atoms with Crippen molar-refractivity contribution in [2.75, 3.05) is 23.9 Å². The van der Waals surface area contributed by atoms with Crippen molar-refractivity contribution in [3.05, 3.63) is 83.3 Å². The highest BCUT2D eigenvalue weighted by atomic mass is 32.2. The molecule has 1 saturated heterocycles. The number of carbonyl (C=O) groups excluding carboxylic acids is 1. The maximum atomic E-state index is 13.7. The van der Waals surface area contributed by atoms with Crippen molar-refractivity contribution in [3.8, 4) is 0 Å². The van der Waals surface area contributed by atoms with Crippen molar-refractivity contribution < 1.29 is 13.2 Å². The summed E-state index contributed by atoms with van der Waals surface area (Å²) in [5.41, 5.74) is 2.52. The Morgan fingerprint density at radius 3 is 2.31 bits per heavy atom. The lowest BCUT2D eigenvalue weighted by Gasteiger charge is -2.35. The normalized spacial score (nSPS) is 18.3. The molecule has 0 atom stereocenters. The fourth-order valence-corrected chi connectivity index (χ4v) is 5.83. The van der Waals surface area contributed by atoms with Crippen LogP contribution in [0, 0.1) is 0 Å². The summed E-state index contributed by atoms with van der Waals surface area (Å²) in [7, 11) is -4.04. The monoisotopic (exact) mass is 408 g/mol. The van der Waals surface area contributed by atoms with Gasteiger partial charge in [0, 0.05) is 24.2 Å². The lowest BCUT2D eigenvalue weighted by Crippen LogP contribution is -2.44. The van der Waals surface area contributed by atoms with E-state index >= 15 is 0 Å². The minimum atomic E-state index is -4.04. The van der Waals surface area contributed by atoms with Crippen molar-refractivity contribution in [3.63, 3.8) is 0 Å². The van der Waals surface area contributed by atoms with Gasteiger partial charge in [0.1, 0.15) is 0 Å². The Balaban J connectivity index is 2.02. The van der Waals surface area contributed by atoms with Crippen molar-refractivity contribution in [1.29, 1.82) is 0 Å². The number of nitrogens with zero attached hydrogens (tertiary/aromatic N) is 2. The molecule has 1 amide bonds. The third-order valence-electron chi connectivity index (χ3n) is 5.41. The lowest BCUT2D eigenvalue weighted by atomic mass is 9.95. The number of hydrogen-bond acceptors (Lipinski definition) is 3. The zero-order valence-electron chi connectivity index (χ0n) is 16.3. The predicted octanol–water partition coefficient (Wildman–Crippen LogP) is 3.79. The van der Waals surface area contributed by atoms with Crippen LogP contribution in [0.15, 0.2) is 72.2 Å². The summed E-state index contributed by atoms with van der Waals surface area (Å²) in [5, 5.41) is 0. The number of hydrogen-bond donors (Lipinski definition) is 0. The van der Waals surface area contributed by atoms with Crippen LogP contribution in [-0.4, -0.2) is 38.9 Å². The van der Waals surface area contributed by atoms with E-state index in [0.29, 0.717) is 24.4 Å². The molecule has 0 bridgehead atoms. The second-order valence-corrected chi connectivity index (χ2v) is 9.06. The molecular weight excluding hydrogens is 384 g/mol. The fourth-order valence-electron chi connectivity index (χ4n) is 4.06. The molecule has 0 unspecified atom stereocenters. The van der Waals surface area contributed by atoms with Crippen LogP contribution < -0.4 is 4.31 Å². The number of fused-ring (bicyclic) bond motifs is 1. The van der Waals surface area contributed by atoms with E-state index in [4.69, 9.17) is 0 Å². The Kier molecular flexibility index (Phi) is 5.28. The number of benzene rings is 2. The standard InChI is InChI=1S/C23H24N2O3S/c1-2-15-25-20-14-8-7-13-19(20)21(18-11-5-3-6-12-18)22(29(25,27)28)23(26)24-16-9-4-10-17-24/h2-3,5-8,11-14H,1,4,9-10,15-17H2. The summed E-state index contributed by atoms with van der Waals surface area (Å²) in [5.74, 6) is -0.410. The molecule has 2 aliphatic rings. The fraction of sp³-hybridized carbons (Fsp3) is 0.261. The van der Waals surface area contributed by atoms with Gasteiger partial charge in [0.15, 0.2) is 4.91 Å². The highest BCUT2D eigenvalue weighted by Gasteiger charge is 2.42. The quantitative estimate of drug-likeness (QED) is 0.723. The van der Waals surface area contributed by atoms with E-state index in [1.54, 1.807) is 17.0 Å². The van der Waals surface area contributed by atoms with Gasteiger partial charge < -0.3 is 4.90 Å². The average molecular weight is 409 g/mol. The maximum absolute atomic E-state index is 13.7. The first kappa shape index (κ1) is 19.5. The number of piperidine rings is 1. The highest BCUT2D eigenvalue weighted by Crippen LogP contribution is 2.43. The lowest BCUT2D eigenvalue weighted by molar-refractivity contribution is -0.127. The highest BCUT2D eigenvalue weighted by molar-refractivity contribution is 7.97. The molecule has 6 heteroatoms. The van der Waals surface area contributed by atoms with E-state index in [1.165, 1.54) is 4.31 Å². The van der Waals surface area contributed by atoms with Gasteiger partial charge in [-0.1, -0.05) is 54.6 Å². The van der Waals surface area contributed by atoms with Gasteiger partial charge in [0.05, 0.1) is 12.2 Å². The first-order chi connectivity index (χ1) is 14.1. The molecule has 29 heavy (non-hydrogen) atoms. The van der Waals surface area contributed by atoms with Crippen molar-refractivity contribution >= 4 is 27.2 Å². The molecule has 5 nitrogen and oxygen atoms in total. The molecule has 150 valence electrons. The molecule has 4 rings (SSSR count). The van der Waals surface area contributed by atoms with Gasteiger partial charge in [0.25, 0.3) is 15.9 Å². The van der Waals surface area contributed by atoms with Gasteiger partial charge in [0.2, 0.25) is 0 Å². The van der Waals surface area contributed by atoms with Crippen molar-refractivity contribution in [1.82, 2.24) is 4.90 Å². The van der Waals surface area contributed by atoms with Gasteiger partial charge in [-0.05, 0) is 30.9 Å². The number of likely N-dealkylation sites (tertiary alicyclic amines) is 1. The number of para-hydroxylation sites is 1. The summed E-state index contributed by atoms with van der Waals surface area (Å²) >= 11 is 0. The first-order valence-corrected chi connectivity index (χ1v) is 11.3. The predicted molar refractivity (Wildman–Crippen MR) is 116 cm³/mol. The average Bonchev–Trinajstić information content (AvgIpc) is 2.76. The summed E-state index contributed by atoms with van der Waals surface area (Å²) in [6.45, 7) is 4.99. The Hall–Kier alpha value is -2.86. The van der Waals surface area contributed by atoms with E-state index in [2.05, 4.69) is 6.58 Å². The minimum Gasteiger partial charge on any atom is -0.338 e. The van der Waals surface area contributed by atoms with Crippen LogP contribution >= 0.6 is 0 Å². The molecule has 2 heterocycles. The summed E-state index contributed by atoms with van der Waals surface area (Å²) in [6.07, 6.45) is 4.40. The molecule has 0 saturated carbocycles. The molecule has 2 aromatic carbocycles. The zero-order valence-corrected chi connectivity index (χ0v) is 17.1. The van der Waals surface area contributed by atoms with E-state index in [0.717, 1.165) is 30.4 Å². The third kappa shape index (κ3) is 3.38. The second-order valence-electron chi connectivity index (χ2n) is 7.26. The van der Waals surface area contributed by atoms with E-state index < -0.39 is 15.9 Å². The number of carbonyl (C=O) groups is 1. The van der Waals surface area contributed by atoms with Crippen LogP contribution in [0.2, 0.25) is 0 Å². The Labute approximate surface area is 172 Å².